The van der Waals surface area contributed by atoms with Gasteiger partial charge in [-0.1, -0.05) is 6.92 Å². The topological polar surface area (TPSA) is 60.7 Å². The fourth-order valence-corrected chi connectivity index (χ4v) is 3.28. The summed E-state index contributed by atoms with van der Waals surface area (Å²) < 4.78 is 16.3. The van der Waals surface area contributed by atoms with Gasteiger partial charge in [-0.15, -0.1) is 11.8 Å². The van der Waals surface area contributed by atoms with Crippen LogP contribution in [0.4, 0.5) is 5.69 Å². The molecule has 23 heavy (non-hydrogen) atoms. The highest BCUT2D eigenvalue weighted by atomic mass is 32.2. The van der Waals surface area contributed by atoms with Gasteiger partial charge in [-0.2, -0.15) is 0 Å². The second-order valence-electron chi connectivity index (χ2n) is 5.13. The first-order chi connectivity index (χ1) is 11.3. The average Bonchev–Trinajstić information content (AvgIpc) is 3.09. The van der Waals surface area contributed by atoms with Crippen molar-refractivity contribution in [3.63, 3.8) is 0 Å². The van der Waals surface area contributed by atoms with E-state index in [4.69, 9.17) is 13.9 Å². The van der Waals surface area contributed by atoms with E-state index in [1.54, 1.807) is 24.1 Å². The molecule has 0 saturated carbocycles. The summed E-state index contributed by atoms with van der Waals surface area (Å²) in [5.74, 6) is 2.93. The Balaban J connectivity index is 1.60. The predicted octanol–water partition coefficient (Wildman–Crippen LogP) is 3.70. The van der Waals surface area contributed by atoms with E-state index in [2.05, 4.69) is 5.32 Å². The number of hydrogen-bond donors (Lipinski definition) is 1. The summed E-state index contributed by atoms with van der Waals surface area (Å²) in [4.78, 5) is 12.4. The molecule has 2 heterocycles. The number of hydrogen-bond acceptors (Lipinski definition) is 5. The number of anilines is 1. The van der Waals surface area contributed by atoms with Gasteiger partial charge in [0.05, 0.1) is 17.3 Å². The zero-order valence-electron chi connectivity index (χ0n) is 12.9. The van der Waals surface area contributed by atoms with Crippen LogP contribution >= 0.6 is 11.8 Å². The Labute approximate surface area is 139 Å². The second-order valence-corrected chi connectivity index (χ2v) is 6.33. The molecule has 3 rings (SSSR count). The van der Waals surface area contributed by atoms with Crippen molar-refractivity contribution in [2.75, 3.05) is 18.5 Å². The Morgan fingerprint density at radius 1 is 1.26 bits per heavy atom. The lowest BCUT2D eigenvalue weighted by molar-refractivity contribution is -0.115. The van der Waals surface area contributed by atoms with Crippen molar-refractivity contribution < 1.29 is 18.7 Å². The number of fused-ring (bicyclic) bond motifs is 1. The van der Waals surface area contributed by atoms with Crippen molar-refractivity contribution in [1.82, 2.24) is 0 Å². The molecular weight excluding hydrogens is 314 g/mol. The fraction of sp³-hybridized carbons (Fsp3) is 0.353. The van der Waals surface area contributed by atoms with Gasteiger partial charge < -0.3 is 19.2 Å². The maximum atomic E-state index is 12.4. The van der Waals surface area contributed by atoms with Crippen LogP contribution in [0.5, 0.6) is 11.5 Å². The van der Waals surface area contributed by atoms with Crippen molar-refractivity contribution in [2.24, 2.45) is 0 Å². The number of amides is 1. The SMILES string of the molecule is CCC(SCc1ccco1)C(=O)Nc1ccc2c(c1)OCCO2. The third-order valence-corrected chi connectivity index (χ3v) is 4.88. The maximum Gasteiger partial charge on any atom is 0.237 e. The lowest BCUT2D eigenvalue weighted by atomic mass is 10.2. The molecule has 1 aromatic carbocycles. The third-order valence-electron chi connectivity index (χ3n) is 3.48. The summed E-state index contributed by atoms with van der Waals surface area (Å²) in [6, 6.07) is 9.22. The van der Waals surface area contributed by atoms with Gasteiger partial charge in [0.25, 0.3) is 0 Å². The lowest BCUT2D eigenvalue weighted by Gasteiger charge is -2.20. The highest BCUT2D eigenvalue weighted by Gasteiger charge is 2.19. The van der Waals surface area contributed by atoms with Crippen molar-refractivity contribution in [3.8, 4) is 11.5 Å². The van der Waals surface area contributed by atoms with Crippen molar-refractivity contribution in [2.45, 2.75) is 24.3 Å². The number of furan rings is 1. The normalized spacial score (nSPS) is 14.3. The summed E-state index contributed by atoms with van der Waals surface area (Å²) in [5, 5.41) is 2.82. The Hall–Kier alpha value is -2.08. The molecule has 0 bridgehead atoms. The first-order valence-electron chi connectivity index (χ1n) is 7.60. The Kier molecular flexibility index (Phi) is 5.12. The van der Waals surface area contributed by atoms with E-state index in [1.165, 1.54) is 0 Å². The molecule has 1 N–H and O–H groups in total. The fourth-order valence-electron chi connectivity index (χ4n) is 2.30. The van der Waals surface area contributed by atoms with Gasteiger partial charge in [0.1, 0.15) is 19.0 Å². The van der Waals surface area contributed by atoms with Crippen molar-refractivity contribution >= 4 is 23.4 Å². The van der Waals surface area contributed by atoms with Crippen LogP contribution in [0.3, 0.4) is 0 Å². The minimum atomic E-state index is -0.131. The molecule has 1 unspecified atom stereocenters. The van der Waals surface area contributed by atoms with Crippen LogP contribution < -0.4 is 14.8 Å². The number of benzene rings is 1. The van der Waals surface area contributed by atoms with Crippen LogP contribution in [0.25, 0.3) is 0 Å². The average molecular weight is 333 g/mol. The quantitative estimate of drug-likeness (QED) is 0.873. The zero-order chi connectivity index (χ0) is 16.1. The standard InChI is InChI=1S/C17H19NO4S/c1-2-16(23-11-13-4-3-7-20-13)17(19)18-12-5-6-14-15(10-12)22-9-8-21-14/h3-7,10,16H,2,8-9,11H2,1H3,(H,18,19). The Morgan fingerprint density at radius 3 is 2.83 bits per heavy atom. The number of rotatable bonds is 6. The number of carbonyl (C=O) groups is 1. The molecule has 1 amide bonds. The van der Waals surface area contributed by atoms with Gasteiger partial charge >= 0.3 is 0 Å². The molecule has 122 valence electrons. The molecule has 1 atom stereocenters. The van der Waals surface area contributed by atoms with Crippen LogP contribution in [0.2, 0.25) is 0 Å². The van der Waals surface area contributed by atoms with Crippen LogP contribution in [0, 0.1) is 0 Å². The summed E-state index contributed by atoms with van der Waals surface area (Å²) >= 11 is 1.57. The summed E-state index contributed by atoms with van der Waals surface area (Å²) in [6.45, 7) is 3.09. The minimum absolute atomic E-state index is 0.0132. The number of ether oxygens (including phenoxy) is 2. The molecule has 0 radical (unpaired) electrons. The zero-order valence-corrected chi connectivity index (χ0v) is 13.7. The van der Waals surface area contributed by atoms with E-state index in [0.717, 1.165) is 17.9 Å². The smallest absolute Gasteiger partial charge is 0.237 e. The molecule has 6 heteroatoms. The van der Waals surface area contributed by atoms with Gasteiger partial charge in [-0.3, -0.25) is 4.79 Å². The van der Waals surface area contributed by atoms with Gasteiger partial charge in [-0.05, 0) is 30.7 Å². The molecule has 0 aliphatic carbocycles. The first kappa shape index (κ1) is 15.8. The number of nitrogens with one attached hydrogen (secondary N) is 1. The van der Waals surface area contributed by atoms with Gasteiger partial charge in [0.2, 0.25) is 5.91 Å². The van der Waals surface area contributed by atoms with Crippen LogP contribution in [0.15, 0.2) is 41.0 Å². The van der Waals surface area contributed by atoms with Gasteiger partial charge in [0, 0.05) is 11.8 Å². The predicted molar refractivity (Wildman–Crippen MR) is 90.1 cm³/mol. The molecule has 1 aromatic heterocycles. The van der Waals surface area contributed by atoms with E-state index in [9.17, 15) is 4.79 Å². The van der Waals surface area contributed by atoms with E-state index in [0.29, 0.717) is 30.5 Å². The van der Waals surface area contributed by atoms with E-state index in [1.807, 2.05) is 31.2 Å². The number of carbonyl (C=O) groups excluding carboxylic acids is 1. The van der Waals surface area contributed by atoms with Crippen molar-refractivity contribution in [3.05, 3.63) is 42.4 Å². The van der Waals surface area contributed by atoms with E-state index < -0.39 is 0 Å². The number of thioether (sulfide) groups is 1. The molecular formula is C17H19NO4S. The largest absolute Gasteiger partial charge is 0.486 e. The Bertz CT molecular complexity index is 657. The van der Waals surface area contributed by atoms with Crippen LogP contribution in [0.1, 0.15) is 19.1 Å². The molecule has 0 fully saturated rings. The molecule has 0 saturated heterocycles. The first-order valence-corrected chi connectivity index (χ1v) is 8.65. The van der Waals surface area contributed by atoms with Gasteiger partial charge in [0.15, 0.2) is 11.5 Å². The molecule has 0 spiro atoms. The highest BCUT2D eigenvalue weighted by Crippen LogP contribution is 2.33. The van der Waals surface area contributed by atoms with E-state index >= 15 is 0 Å². The van der Waals surface area contributed by atoms with E-state index in [-0.39, 0.29) is 11.2 Å². The summed E-state index contributed by atoms with van der Waals surface area (Å²) in [5.41, 5.74) is 0.719. The van der Waals surface area contributed by atoms with Crippen molar-refractivity contribution in [1.29, 1.82) is 0 Å². The minimum Gasteiger partial charge on any atom is -0.486 e. The summed E-state index contributed by atoms with van der Waals surface area (Å²) in [6.07, 6.45) is 2.40. The Morgan fingerprint density at radius 2 is 2.09 bits per heavy atom. The van der Waals surface area contributed by atoms with Gasteiger partial charge in [-0.25, -0.2) is 0 Å². The highest BCUT2D eigenvalue weighted by molar-refractivity contribution is 7.99. The molecule has 5 nitrogen and oxygen atoms in total. The summed E-state index contributed by atoms with van der Waals surface area (Å²) in [7, 11) is 0. The molecule has 1 aliphatic heterocycles. The second kappa shape index (κ2) is 7.46. The maximum absolute atomic E-state index is 12.4. The lowest BCUT2D eigenvalue weighted by Crippen LogP contribution is -2.25. The van der Waals surface area contributed by atoms with Crippen LogP contribution in [-0.4, -0.2) is 24.4 Å². The molecule has 2 aromatic rings. The monoisotopic (exact) mass is 333 g/mol. The van der Waals surface area contributed by atoms with Crippen LogP contribution in [-0.2, 0) is 10.5 Å². The molecule has 1 aliphatic rings. The third kappa shape index (κ3) is 4.01.